The summed E-state index contributed by atoms with van der Waals surface area (Å²) < 4.78 is 1.45. The molecule has 0 amide bonds. The van der Waals surface area contributed by atoms with Gasteiger partial charge in [0.05, 0.1) is 0 Å². The fourth-order valence-corrected chi connectivity index (χ4v) is 2.44. The molecule has 0 aliphatic heterocycles. The van der Waals surface area contributed by atoms with Gasteiger partial charge in [-0.2, -0.15) is 4.52 Å². The summed E-state index contributed by atoms with van der Waals surface area (Å²) in [5.74, 6) is 0.758. The third-order valence-electron chi connectivity index (χ3n) is 3.41. The molecule has 0 saturated carbocycles. The summed E-state index contributed by atoms with van der Waals surface area (Å²) in [6.07, 6.45) is 1.78. The van der Waals surface area contributed by atoms with E-state index in [0.717, 1.165) is 29.9 Å². The van der Waals surface area contributed by atoms with E-state index in [0.29, 0.717) is 17.2 Å². The van der Waals surface area contributed by atoms with Crippen molar-refractivity contribution in [2.24, 2.45) is 0 Å². The molecule has 2 heterocycles. The lowest BCUT2D eigenvalue weighted by atomic mass is 10.2. The van der Waals surface area contributed by atoms with Gasteiger partial charge in [0.2, 0.25) is 0 Å². The standard InChI is InChI=1S/C16H17ClN4O/c1-2-3-13-8-16(22)21-15(19-13)9-14(20-21)18-10-11-4-6-12(17)7-5-11/h4-9,18,20H,2-3,10H2,1H3. The van der Waals surface area contributed by atoms with Gasteiger partial charge in [0, 0.05) is 29.4 Å². The van der Waals surface area contributed by atoms with Crippen molar-refractivity contribution in [3.63, 3.8) is 0 Å². The minimum Gasteiger partial charge on any atom is -0.366 e. The van der Waals surface area contributed by atoms with E-state index in [2.05, 4.69) is 22.3 Å². The van der Waals surface area contributed by atoms with E-state index in [9.17, 15) is 4.79 Å². The lowest BCUT2D eigenvalue weighted by Crippen LogP contribution is -2.15. The molecule has 0 saturated heterocycles. The van der Waals surface area contributed by atoms with Gasteiger partial charge in [0.15, 0.2) is 5.65 Å². The molecular formula is C16H17ClN4O. The SMILES string of the molecule is CCCc1cc(=O)n2[nH]c(NCc3ccc(Cl)cc3)cc2n1. The summed E-state index contributed by atoms with van der Waals surface area (Å²) in [6.45, 7) is 2.71. The van der Waals surface area contributed by atoms with Crippen LogP contribution >= 0.6 is 11.6 Å². The highest BCUT2D eigenvalue weighted by Gasteiger charge is 2.06. The maximum Gasteiger partial charge on any atom is 0.272 e. The highest BCUT2D eigenvalue weighted by atomic mass is 35.5. The summed E-state index contributed by atoms with van der Waals surface area (Å²) in [5, 5.41) is 6.99. The Kier molecular flexibility index (Phi) is 4.15. The number of fused-ring (bicyclic) bond motifs is 1. The van der Waals surface area contributed by atoms with Crippen molar-refractivity contribution in [1.82, 2.24) is 14.6 Å². The van der Waals surface area contributed by atoms with Crippen LogP contribution in [0.5, 0.6) is 0 Å². The monoisotopic (exact) mass is 316 g/mol. The molecule has 0 radical (unpaired) electrons. The summed E-state index contributed by atoms with van der Waals surface area (Å²) in [5.41, 5.74) is 2.48. The van der Waals surface area contributed by atoms with Gasteiger partial charge in [-0.25, -0.2) is 4.98 Å². The Morgan fingerprint density at radius 1 is 1.27 bits per heavy atom. The zero-order chi connectivity index (χ0) is 15.5. The van der Waals surface area contributed by atoms with Gasteiger partial charge >= 0.3 is 0 Å². The molecule has 6 heteroatoms. The fourth-order valence-electron chi connectivity index (χ4n) is 2.31. The molecule has 5 nitrogen and oxygen atoms in total. The van der Waals surface area contributed by atoms with Crippen LogP contribution in [-0.4, -0.2) is 14.6 Å². The molecule has 3 rings (SSSR count). The zero-order valence-corrected chi connectivity index (χ0v) is 13.0. The van der Waals surface area contributed by atoms with Crippen LogP contribution in [-0.2, 0) is 13.0 Å². The number of aromatic nitrogens is 3. The number of hydrogen-bond acceptors (Lipinski definition) is 3. The quantitative estimate of drug-likeness (QED) is 0.759. The molecule has 0 unspecified atom stereocenters. The molecule has 3 aromatic rings. The van der Waals surface area contributed by atoms with Crippen LogP contribution in [0.4, 0.5) is 5.82 Å². The number of halogens is 1. The molecule has 0 aliphatic carbocycles. The number of anilines is 1. The number of rotatable bonds is 5. The molecule has 0 bridgehead atoms. The molecule has 2 aromatic heterocycles. The van der Waals surface area contributed by atoms with E-state index in [-0.39, 0.29) is 5.56 Å². The van der Waals surface area contributed by atoms with Crippen molar-refractivity contribution >= 4 is 23.1 Å². The molecule has 0 fully saturated rings. The average molecular weight is 317 g/mol. The van der Waals surface area contributed by atoms with Crippen molar-refractivity contribution in [2.75, 3.05) is 5.32 Å². The number of nitrogens with one attached hydrogen (secondary N) is 2. The predicted octanol–water partition coefficient (Wildman–Crippen LogP) is 3.24. The minimum atomic E-state index is -0.0898. The summed E-state index contributed by atoms with van der Waals surface area (Å²) >= 11 is 5.87. The van der Waals surface area contributed by atoms with Gasteiger partial charge < -0.3 is 5.32 Å². The number of hydrogen-bond donors (Lipinski definition) is 2. The van der Waals surface area contributed by atoms with E-state index < -0.39 is 0 Å². The highest BCUT2D eigenvalue weighted by molar-refractivity contribution is 6.30. The highest BCUT2D eigenvalue weighted by Crippen LogP contribution is 2.12. The maximum absolute atomic E-state index is 12.0. The smallest absolute Gasteiger partial charge is 0.272 e. The number of aromatic amines is 1. The Morgan fingerprint density at radius 3 is 2.77 bits per heavy atom. The van der Waals surface area contributed by atoms with Crippen molar-refractivity contribution < 1.29 is 0 Å². The maximum atomic E-state index is 12.0. The second-order valence-electron chi connectivity index (χ2n) is 5.18. The number of H-pyrrole nitrogens is 1. The first-order valence-corrected chi connectivity index (χ1v) is 7.63. The topological polar surface area (TPSA) is 62.2 Å². The van der Waals surface area contributed by atoms with Crippen LogP contribution in [0.15, 0.2) is 41.2 Å². The first-order chi connectivity index (χ1) is 10.7. The molecule has 0 atom stereocenters. The average Bonchev–Trinajstić information content (AvgIpc) is 2.91. The van der Waals surface area contributed by atoms with Crippen LogP contribution in [0, 0.1) is 0 Å². The summed E-state index contributed by atoms with van der Waals surface area (Å²) in [6, 6.07) is 11.1. The molecule has 114 valence electrons. The molecule has 0 spiro atoms. The Balaban J connectivity index is 1.81. The fraction of sp³-hybridized carbons (Fsp3) is 0.250. The van der Waals surface area contributed by atoms with E-state index >= 15 is 0 Å². The summed E-state index contributed by atoms with van der Waals surface area (Å²) in [7, 11) is 0. The first kappa shape index (κ1) is 14.7. The Morgan fingerprint density at radius 2 is 2.05 bits per heavy atom. The zero-order valence-electron chi connectivity index (χ0n) is 12.3. The van der Waals surface area contributed by atoms with Gasteiger partial charge in [-0.15, -0.1) is 0 Å². The van der Waals surface area contributed by atoms with Gasteiger partial charge in [-0.1, -0.05) is 37.1 Å². The predicted molar refractivity (Wildman–Crippen MR) is 88.6 cm³/mol. The molecule has 1 aromatic carbocycles. The van der Waals surface area contributed by atoms with Crippen LogP contribution in [0.1, 0.15) is 24.6 Å². The van der Waals surface area contributed by atoms with E-state index in [4.69, 9.17) is 11.6 Å². The largest absolute Gasteiger partial charge is 0.366 e. The Labute approximate surface area is 132 Å². The van der Waals surface area contributed by atoms with E-state index in [1.807, 2.05) is 30.3 Å². The van der Waals surface area contributed by atoms with Crippen LogP contribution in [0.25, 0.3) is 5.65 Å². The number of nitrogens with zero attached hydrogens (tertiary/aromatic N) is 2. The lowest BCUT2D eigenvalue weighted by Gasteiger charge is -2.03. The number of benzene rings is 1. The van der Waals surface area contributed by atoms with E-state index in [1.54, 1.807) is 6.07 Å². The third kappa shape index (κ3) is 3.14. The van der Waals surface area contributed by atoms with Crippen molar-refractivity contribution in [3.05, 3.63) is 63.0 Å². The lowest BCUT2D eigenvalue weighted by molar-refractivity contribution is 0.839. The van der Waals surface area contributed by atoms with Gasteiger partial charge in [0.1, 0.15) is 5.82 Å². The minimum absolute atomic E-state index is 0.0898. The van der Waals surface area contributed by atoms with E-state index in [1.165, 1.54) is 4.52 Å². The number of aryl methyl sites for hydroxylation is 1. The second-order valence-corrected chi connectivity index (χ2v) is 5.62. The van der Waals surface area contributed by atoms with Crippen LogP contribution in [0.3, 0.4) is 0 Å². The van der Waals surface area contributed by atoms with Crippen molar-refractivity contribution in [1.29, 1.82) is 0 Å². The Hall–Kier alpha value is -2.27. The Bertz CT molecular complexity index is 835. The summed E-state index contributed by atoms with van der Waals surface area (Å²) in [4.78, 5) is 16.5. The van der Waals surface area contributed by atoms with Crippen molar-refractivity contribution in [3.8, 4) is 0 Å². The molecular weight excluding hydrogens is 300 g/mol. The van der Waals surface area contributed by atoms with Gasteiger partial charge in [-0.05, 0) is 24.1 Å². The van der Waals surface area contributed by atoms with Crippen molar-refractivity contribution in [2.45, 2.75) is 26.3 Å². The molecule has 2 N–H and O–H groups in total. The van der Waals surface area contributed by atoms with Crippen LogP contribution < -0.4 is 10.9 Å². The molecule has 0 aliphatic rings. The second kappa shape index (κ2) is 6.23. The normalized spacial score (nSPS) is 11.0. The van der Waals surface area contributed by atoms with Gasteiger partial charge in [-0.3, -0.25) is 9.89 Å². The first-order valence-electron chi connectivity index (χ1n) is 7.25. The molecule has 22 heavy (non-hydrogen) atoms. The third-order valence-corrected chi connectivity index (χ3v) is 3.66. The van der Waals surface area contributed by atoms with Crippen LogP contribution in [0.2, 0.25) is 5.02 Å². The van der Waals surface area contributed by atoms with Gasteiger partial charge in [0.25, 0.3) is 5.56 Å².